The van der Waals surface area contributed by atoms with Crippen molar-refractivity contribution in [1.82, 2.24) is 15.3 Å². The zero-order chi connectivity index (χ0) is 20.1. The molecule has 1 fully saturated rings. The Morgan fingerprint density at radius 1 is 1.32 bits per heavy atom. The molecule has 1 aromatic carbocycles. The van der Waals surface area contributed by atoms with Crippen molar-refractivity contribution in [2.45, 2.75) is 38.3 Å². The number of aromatic nitrogens is 2. The van der Waals surface area contributed by atoms with E-state index in [9.17, 15) is 9.90 Å². The third kappa shape index (κ3) is 4.72. The van der Waals surface area contributed by atoms with Crippen LogP contribution in [-0.2, 0) is 0 Å². The van der Waals surface area contributed by atoms with E-state index in [1.54, 1.807) is 42.4 Å². The maximum atomic E-state index is 12.7. The Balaban J connectivity index is 1.77. The number of carbonyl (C=O) groups is 1. The highest BCUT2D eigenvalue weighted by Crippen LogP contribution is 2.28. The Kier molecular flexibility index (Phi) is 6.70. The fourth-order valence-corrected chi connectivity index (χ4v) is 3.60. The van der Waals surface area contributed by atoms with Crippen molar-refractivity contribution in [2.24, 2.45) is 5.92 Å². The number of nitrogens with one attached hydrogen (secondary N) is 1. The van der Waals surface area contributed by atoms with E-state index < -0.39 is 12.1 Å². The number of nitrogens with zero attached hydrogens (tertiary/aromatic N) is 3. The minimum atomic E-state index is -0.869. The van der Waals surface area contributed by atoms with Gasteiger partial charge in [0.15, 0.2) is 0 Å². The molecule has 28 heavy (non-hydrogen) atoms. The first-order valence-electron chi connectivity index (χ1n) is 9.39. The Labute approximate surface area is 169 Å². The van der Waals surface area contributed by atoms with Gasteiger partial charge in [0.25, 0.3) is 5.91 Å². The molecule has 1 amide bonds. The van der Waals surface area contributed by atoms with Crippen molar-refractivity contribution >= 4 is 29.1 Å². The molecule has 0 saturated heterocycles. The van der Waals surface area contributed by atoms with Gasteiger partial charge < -0.3 is 20.1 Å². The van der Waals surface area contributed by atoms with Gasteiger partial charge in [-0.25, -0.2) is 4.98 Å². The lowest BCUT2D eigenvalue weighted by molar-refractivity contribution is 0.0463. The van der Waals surface area contributed by atoms with Crippen LogP contribution in [0.4, 0.5) is 11.6 Å². The van der Waals surface area contributed by atoms with Crippen molar-refractivity contribution in [3.05, 3.63) is 41.0 Å². The summed E-state index contributed by atoms with van der Waals surface area (Å²) in [7, 11) is 3.32. The first-order chi connectivity index (χ1) is 13.5. The second-order valence-electron chi connectivity index (χ2n) is 6.94. The van der Waals surface area contributed by atoms with Crippen LogP contribution in [0.15, 0.2) is 30.5 Å². The molecule has 1 heterocycles. The summed E-state index contributed by atoms with van der Waals surface area (Å²) in [6.07, 6.45) is 5.92. The van der Waals surface area contributed by atoms with Crippen LogP contribution in [0.3, 0.4) is 0 Å². The Morgan fingerprint density at radius 2 is 2.07 bits per heavy atom. The van der Waals surface area contributed by atoms with E-state index >= 15 is 0 Å². The SMILES string of the molecule is COc1ccnc(N(C)c2ccc(Cl)c(C(=O)NC(O)C3CCCCC3)c2)n1. The molecule has 1 unspecified atom stereocenters. The maximum absolute atomic E-state index is 12.7. The van der Waals surface area contributed by atoms with Gasteiger partial charge in [0, 0.05) is 30.9 Å². The molecule has 1 aromatic heterocycles. The minimum Gasteiger partial charge on any atom is -0.481 e. The van der Waals surface area contributed by atoms with E-state index in [4.69, 9.17) is 16.3 Å². The van der Waals surface area contributed by atoms with Crippen LogP contribution in [0.5, 0.6) is 5.88 Å². The molecule has 2 aromatic rings. The summed E-state index contributed by atoms with van der Waals surface area (Å²) in [6.45, 7) is 0. The number of ether oxygens (including phenoxy) is 1. The summed E-state index contributed by atoms with van der Waals surface area (Å²) in [6, 6.07) is 6.74. The number of amides is 1. The van der Waals surface area contributed by atoms with Gasteiger partial charge >= 0.3 is 0 Å². The van der Waals surface area contributed by atoms with Crippen molar-refractivity contribution in [3.63, 3.8) is 0 Å². The molecule has 7 nitrogen and oxygen atoms in total. The maximum Gasteiger partial charge on any atom is 0.254 e. The van der Waals surface area contributed by atoms with Gasteiger partial charge in [-0.2, -0.15) is 4.98 Å². The summed E-state index contributed by atoms with van der Waals surface area (Å²) < 4.78 is 5.13. The van der Waals surface area contributed by atoms with E-state index in [0.29, 0.717) is 28.1 Å². The lowest BCUT2D eigenvalue weighted by atomic mass is 9.88. The zero-order valence-electron chi connectivity index (χ0n) is 16.1. The van der Waals surface area contributed by atoms with Crippen LogP contribution in [0, 0.1) is 5.92 Å². The number of hydrogen-bond donors (Lipinski definition) is 2. The van der Waals surface area contributed by atoms with Crippen LogP contribution >= 0.6 is 11.6 Å². The van der Waals surface area contributed by atoms with Crippen LogP contribution in [-0.4, -0.2) is 41.4 Å². The fraction of sp³-hybridized carbons (Fsp3) is 0.450. The lowest BCUT2D eigenvalue weighted by Gasteiger charge is -2.27. The molecule has 0 aliphatic heterocycles. The van der Waals surface area contributed by atoms with Crippen molar-refractivity contribution in [3.8, 4) is 5.88 Å². The van der Waals surface area contributed by atoms with Crippen molar-refractivity contribution < 1.29 is 14.6 Å². The number of aliphatic hydroxyl groups is 1. The third-order valence-corrected chi connectivity index (χ3v) is 5.41. The molecule has 1 atom stereocenters. The number of halogens is 1. The highest BCUT2D eigenvalue weighted by molar-refractivity contribution is 6.34. The second-order valence-corrected chi connectivity index (χ2v) is 7.35. The van der Waals surface area contributed by atoms with E-state index in [2.05, 4.69) is 15.3 Å². The van der Waals surface area contributed by atoms with Crippen molar-refractivity contribution in [1.29, 1.82) is 0 Å². The van der Waals surface area contributed by atoms with Crippen LogP contribution in [0.1, 0.15) is 42.5 Å². The molecule has 0 radical (unpaired) electrons. The normalized spacial score (nSPS) is 15.7. The molecule has 0 bridgehead atoms. The highest BCUT2D eigenvalue weighted by Gasteiger charge is 2.24. The number of rotatable bonds is 6. The minimum absolute atomic E-state index is 0.0903. The molecule has 1 saturated carbocycles. The predicted molar refractivity (Wildman–Crippen MR) is 108 cm³/mol. The summed E-state index contributed by atoms with van der Waals surface area (Å²) in [5.74, 6) is 0.562. The number of carbonyl (C=O) groups excluding carboxylic acids is 1. The van der Waals surface area contributed by atoms with E-state index in [1.165, 1.54) is 13.5 Å². The Bertz CT molecular complexity index is 827. The smallest absolute Gasteiger partial charge is 0.254 e. The first kappa shape index (κ1) is 20.4. The molecule has 1 aliphatic rings. The van der Waals surface area contributed by atoms with Gasteiger partial charge in [0.1, 0.15) is 6.23 Å². The molecule has 2 N–H and O–H groups in total. The van der Waals surface area contributed by atoms with Crippen LogP contribution in [0.2, 0.25) is 5.02 Å². The standard InChI is InChI=1S/C20H25ClN4O3/c1-25(20-22-11-10-17(23-20)28-2)14-8-9-16(21)15(12-14)19(27)24-18(26)13-6-4-3-5-7-13/h8-13,18,26H,3-7H2,1-2H3,(H,24,27). The van der Waals surface area contributed by atoms with Crippen LogP contribution < -0.4 is 15.0 Å². The molecule has 8 heteroatoms. The lowest BCUT2D eigenvalue weighted by Crippen LogP contribution is -2.41. The average Bonchev–Trinajstić information content (AvgIpc) is 2.74. The quantitative estimate of drug-likeness (QED) is 0.716. The zero-order valence-corrected chi connectivity index (χ0v) is 16.8. The number of methoxy groups -OCH3 is 1. The molecule has 1 aliphatic carbocycles. The summed E-state index contributed by atoms with van der Waals surface area (Å²) in [5, 5.41) is 13.4. The highest BCUT2D eigenvalue weighted by atomic mass is 35.5. The average molecular weight is 405 g/mol. The molecular formula is C20H25ClN4O3. The summed E-state index contributed by atoms with van der Waals surface area (Å²) in [5.41, 5.74) is 0.985. The van der Waals surface area contributed by atoms with E-state index in [0.717, 1.165) is 25.7 Å². The third-order valence-electron chi connectivity index (χ3n) is 5.08. The van der Waals surface area contributed by atoms with Gasteiger partial charge in [-0.05, 0) is 31.0 Å². The summed E-state index contributed by atoms with van der Waals surface area (Å²) in [4.78, 5) is 23.0. The van der Waals surface area contributed by atoms with Gasteiger partial charge in [-0.15, -0.1) is 0 Å². The second kappa shape index (κ2) is 9.21. The largest absolute Gasteiger partial charge is 0.481 e. The van der Waals surface area contributed by atoms with Gasteiger partial charge in [0.05, 0.1) is 17.7 Å². The molecular weight excluding hydrogens is 380 g/mol. The number of hydrogen-bond acceptors (Lipinski definition) is 6. The topological polar surface area (TPSA) is 87.6 Å². The molecule has 3 rings (SSSR count). The number of anilines is 2. The summed E-state index contributed by atoms with van der Waals surface area (Å²) >= 11 is 6.25. The van der Waals surface area contributed by atoms with Gasteiger partial charge in [0.2, 0.25) is 11.8 Å². The van der Waals surface area contributed by atoms with Crippen molar-refractivity contribution in [2.75, 3.05) is 19.1 Å². The monoisotopic (exact) mass is 404 g/mol. The first-order valence-corrected chi connectivity index (χ1v) is 9.76. The van der Waals surface area contributed by atoms with E-state index in [1.807, 2.05) is 0 Å². The van der Waals surface area contributed by atoms with Gasteiger partial charge in [-0.3, -0.25) is 4.79 Å². The molecule has 0 spiro atoms. The fourth-order valence-electron chi connectivity index (χ4n) is 3.40. The number of aliphatic hydroxyl groups excluding tert-OH is 1. The Morgan fingerprint density at radius 3 is 2.79 bits per heavy atom. The predicted octanol–water partition coefficient (Wildman–Crippen LogP) is 3.54. The number of benzene rings is 1. The molecule has 150 valence electrons. The van der Waals surface area contributed by atoms with Gasteiger partial charge in [-0.1, -0.05) is 30.9 Å². The van der Waals surface area contributed by atoms with Crippen LogP contribution in [0.25, 0.3) is 0 Å². The Hall–Kier alpha value is -2.38. The van der Waals surface area contributed by atoms with E-state index in [-0.39, 0.29) is 5.92 Å².